The zero-order chi connectivity index (χ0) is 9.14. The molecule has 0 aliphatic rings. The summed E-state index contributed by atoms with van der Waals surface area (Å²) in [4.78, 5) is 14.4. The molecule has 1 rings (SSSR count). The highest BCUT2D eigenvalue weighted by atomic mass is 35.5. The van der Waals surface area contributed by atoms with E-state index in [2.05, 4.69) is 4.98 Å². The fourth-order valence-electron chi connectivity index (χ4n) is 0.954. The lowest BCUT2D eigenvalue weighted by Gasteiger charge is -2.04. The standard InChI is InChI=1S/C8H8ClNO2.ClH/c1-5-3-10-4-7(8(11)12)6(5)2-9;/h3-4H,2H2,1H3,(H,11,12);1H. The predicted molar refractivity (Wildman–Crippen MR) is 52.7 cm³/mol. The Morgan fingerprint density at radius 1 is 1.62 bits per heavy atom. The topological polar surface area (TPSA) is 50.2 Å². The Labute approximate surface area is 87.2 Å². The molecule has 1 aromatic heterocycles. The molecule has 0 fully saturated rings. The molecule has 3 nitrogen and oxygen atoms in total. The van der Waals surface area contributed by atoms with E-state index in [1.807, 2.05) is 0 Å². The Hall–Kier alpha value is -0.800. The first-order valence-corrected chi connectivity index (χ1v) is 3.93. The van der Waals surface area contributed by atoms with Crippen LogP contribution in [-0.4, -0.2) is 16.1 Å². The summed E-state index contributed by atoms with van der Waals surface area (Å²) < 4.78 is 0. The molecular formula is C8H9Cl2NO2. The average Bonchev–Trinajstić information content (AvgIpc) is 2.03. The smallest absolute Gasteiger partial charge is 0.337 e. The van der Waals surface area contributed by atoms with Crippen LogP contribution in [0.3, 0.4) is 0 Å². The molecule has 0 radical (unpaired) electrons. The first-order valence-electron chi connectivity index (χ1n) is 3.39. The van der Waals surface area contributed by atoms with Gasteiger partial charge in [-0.3, -0.25) is 4.98 Å². The van der Waals surface area contributed by atoms with Gasteiger partial charge in [0.05, 0.1) is 5.56 Å². The minimum Gasteiger partial charge on any atom is -0.478 e. The molecule has 0 atom stereocenters. The van der Waals surface area contributed by atoms with Gasteiger partial charge in [0, 0.05) is 18.3 Å². The van der Waals surface area contributed by atoms with E-state index in [0.717, 1.165) is 5.56 Å². The van der Waals surface area contributed by atoms with E-state index in [4.69, 9.17) is 16.7 Å². The number of aromatic nitrogens is 1. The summed E-state index contributed by atoms with van der Waals surface area (Å²) in [6.07, 6.45) is 2.91. The summed E-state index contributed by atoms with van der Waals surface area (Å²) in [6.45, 7) is 1.79. The van der Waals surface area contributed by atoms with E-state index in [9.17, 15) is 4.79 Å². The zero-order valence-electron chi connectivity index (χ0n) is 6.95. The van der Waals surface area contributed by atoms with Gasteiger partial charge in [0.1, 0.15) is 0 Å². The molecule has 0 aromatic carbocycles. The molecule has 5 heteroatoms. The number of rotatable bonds is 2. The minimum absolute atomic E-state index is 0. The Morgan fingerprint density at radius 2 is 2.23 bits per heavy atom. The summed E-state index contributed by atoms with van der Waals surface area (Å²) in [5.41, 5.74) is 1.63. The van der Waals surface area contributed by atoms with E-state index in [1.54, 1.807) is 13.1 Å². The Bertz CT molecular complexity index is 315. The molecule has 72 valence electrons. The Kier molecular flexibility index (Phi) is 4.73. The van der Waals surface area contributed by atoms with E-state index in [-0.39, 0.29) is 23.9 Å². The van der Waals surface area contributed by atoms with Gasteiger partial charge in [-0.1, -0.05) is 0 Å². The van der Waals surface area contributed by atoms with Gasteiger partial charge >= 0.3 is 5.97 Å². The molecule has 0 spiro atoms. The molecule has 1 aromatic rings. The van der Waals surface area contributed by atoms with Gasteiger partial charge in [-0.15, -0.1) is 24.0 Å². The van der Waals surface area contributed by atoms with Crippen molar-refractivity contribution in [3.8, 4) is 0 Å². The third-order valence-corrected chi connectivity index (χ3v) is 1.90. The predicted octanol–water partition coefficient (Wildman–Crippen LogP) is 2.25. The fraction of sp³-hybridized carbons (Fsp3) is 0.250. The quantitative estimate of drug-likeness (QED) is 0.780. The number of halogens is 2. The maximum Gasteiger partial charge on any atom is 0.337 e. The molecule has 0 aliphatic carbocycles. The molecule has 0 unspecified atom stereocenters. The zero-order valence-corrected chi connectivity index (χ0v) is 8.52. The maximum absolute atomic E-state index is 10.6. The number of hydrogen-bond donors (Lipinski definition) is 1. The van der Waals surface area contributed by atoms with Crippen LogP contribution in [0, 0.1) is 6.92 Å². The van der Waals surface area contributed by atoms with Crippen LogP contribution in [0.5, 0.6) is 0 Å². The van der Waals surface area contributed by atoms with Crippen molar-refractivity contribution in [1.29, 1.82) is 0 Å². The van der Waals surface area contributed by atoms with Gasteiger partial charge in [-0.25, -0.2) is 4.79 Å². The van der Waals surface area contributed by atoms with Gasteiger partial charge in [-0.2, -0.15) is 0 Å². The van der Waals surface area contributed by atoms with E-state index in [1.165, 1.54) is 6.20 Å². The van der Waals surface area contributed by atoms with Crippen LogP contribution in [0.25, 0.3) is 0 Å². The highest BCUT2D eigenvalue weighted by Crippen LogP contribution is 2.14. The van der Waals surface area contributed by atoms with Crippen molar-refractivity contribution in [2.45, 2.75) is 12.8 Å². The van der Waals surface area contributed by atoms with E-state index >= 15 is 0 Å². The molecule has 0 saturated carbocycles. The minimum atomic E-state index is -0.984. The molecule has 13 heavy (non-hydrogen) atoms. The third-order valence-electron chi connectivity index (χ3n) is 1.64. The van der Waals surface area contributed by atoms with Crippen molar-refractivity contribution < 1.29 is 9.90 Å². The van der Waals surface area contributed by atoms with E-state index < -0.39 is 5.97 Å². The second-order valence-corrected chi connectivity index (χ2v) is 2.69. The van der Waals surface area contributed by atoms with Gasteiger partial charge < -0.3 is 5.11 Å². The lowest BCUT2D eigenvalue weighted by Crippen LogP contribution is -2.03. The van der Waals surface area contributed by atoms with Gasteiger partial charge in [0.2, 0.25) is 0 Å². The molecule has 0 aliphatic heterocycles. The van der Waals surface area contributed by atoms with Crippen LogP contribution < -0.4 is 0 Å². The van der Waals surface area contributed by atoms with Crippen LogP contribution in [0.1, 0.15) is 21.5 Å². The SMILES string of the molecule is Cc1cncc(C(=O)O)c1CCl.Cl. The van der Waals surface area contributed by atoms with Crippen LogP contribution in [0.15, 0.2) is 12.4 Å². The van der Waals surface area contributed by atoms with Crippen LogP contribution >= 0.6 is 24.0 Å². The number of carboxylic acid groups (broad SMARTS) is 1. The maximum atomic E-state index is 10.6. The molecule has 0 bridgehead atoms. The fourth-order valence-corrected chi connectivity index (χ4v) is 1.31. The van der Waals surface area contributed by atoms with Crippen molar-refractivity contribution in [2.24, 2.45) is 0 Å². The van der Waals surface area contributed by atoms with Crippen molar-refractivity contribution in [3.63, 3.8) is 0 Å². The van der Waals surface area contributed by atoms with Gasteiger partial charge in [-0.05, 0) is 18.1 Å². The van der Waals surface area contributed by atoms with Gasteiger partial charge in [0.15, 0.2) is 0 Å². The normalized spacial score (nSPS) is 9.08. The highest BCUT2D eigenvalue weighted by Gasteiger charge is 2.10. The lowest BCUT2D eigenvalue weighted by atomic mass is 10.1. The summed E-state index contributed by atoms with van der Waals surface area (Å²) in [7, 11) is 0. The molecular weight excluding hydrogens is 213 g/mol. The number of pyridine rings is 1. The Balaban J connectivity index is 0.00000144. The number of alkyl halides is 1. The van der Waals surface area contributed by atoms with Crippen LogP contribution in [0.4, 0.5) is 0 Å². The first kappa shape index (κ1) is 12.2. The molecule has 1 heterocycles. The van der Waals surface area contributed by atoms with E-state index in [0.29, 0.717) is 5.56 Å². The van der Waals surface area contributed by atoms with Gasteiger partial charge in [0.25, 0.3) is 0 Å². The second kappa shape index (κ2) is 5.04. The number of carbonyl (C=O) groups is 1. The van der Waals surface area contributed by atoms with Crippen LogP contribution in [-0.2, 0) is 5.88 Å². The number of nitrogens with zero attached hydrogens (tertiary/aromatic N) is 1. The Morgan fingerprint density at radius 3 is 2.62 bits per heavy atom. The second-order valence-electron chi connectivity index (χ2n) is 2.42. The van der Waals surface area contributed by atoms with Crippen LogP contribution in [0.2, 0.25) is 0 Å². The first-order chi connectivity index (χ1) is 5.66. The number of carboxylic acids is 1. The summed E-state index contributed by atoms with van der Waals surface area (Å²) in [5, 5.41) is 8.72. The summed E-state index contributed by atoms with van der Waals surface area (Å²) in [5.74, 6) is -0.780. The number of aromatic carboxylic acids is 1. The summed E-state index contributed by atoms with van der Waals surface area (Å²) >= 11 is 5.59. The highest BCUT2D eigenvalue weighted by molar-refractivity contribution is 6.17. The number of aryl methyl sites for hydroxylation is 1. The molecule has 0 saturated heterocycles. The summed E-state index contributed by atoms with van der Waals surface area (Å²) in [6, 6.07) is 0. The van der Waals surface area contributed by atoms with Crippen molar-refractivity contribution >= 4 is 30.0 Å². The molecule has 1 N–H and O–H groups in total. The van der Waals surface area contributed by atoms with Crippen molar-refractivity contribution in [1.82, 2.24) is 4.98 Å². The average molecular weight is 222 g/mol. The lowest BCUT2D eigenvalue weighted by molar-refractivity contribution is 0.0695. The van der Waals surface area contributed by atoms with Crippen molar-refractivity contribution in [2.75, 3.05) is 0 Å². The van der Waals surface area contributed by atoms with Crippen molar-refractivity contribution in [3.05, 3.63) is 29.1 Å². The third kappa shape index (κ3) is 2.57. The number of hydrogen-bond acceptors (Lipinski definition) is 2. The monoisotopic (exact) mass is 221 g/mol. The molecule has 0 amide bonds. The largest absolute Gasteiger partial charge is 0.478 e.